The van der Waals surface area contributed by atoms with E-state index >= 15 is 0 Å². The summed E-state index contributed by atoms with van der Waals surface area (Å²) in [5.74, 6) is 0. The van der Waals surface area contributed by atoms with E-state index < -0.39 is 6.09 Å². The molecule has 3 heterocycles. The molecular weight excluding hydrogens is 248 g/mol. The summed E-state index contributed by atoms with van der Waals surface area (Å²) in [6.07, 6.45) is 1.90. The monoisotopic (exact) mass is 270 g/mol. The fourth-order valence-corrected chi connectivity index (χ4v) is 3.45. The van der Waals surface area contributed by atoms with Crippen molar-refractivity contribution >= 4 is 6.09 Å². The lowest BCUT2D eigenvalue weighted by Gasteiger charge is -2.38. The molecule has 1 N–H and O–H groups in total. The van der Waals surface area contributed by atoms with Gasteiger partial charge in [0.1, 0.15) is 0 Å². The average Bonchev–Trinajstić information content (AvgIpc) is 2.84. The van der Waals surface area contributed by atoms with E-state index in [0.717, 1.165) is 52.2 Å². The Morgan fingerprint density at radius 3 is 2.47 bits per heavy atom. The second-order valence-corrected chi connectivity index (χ2v) is 5.77. The maximum Gasteiger partial charge on any atom is 0.407 e. The van der Waals surface area contributed by atoms with Gasteiger partial charge in [-0.1, -0.05) is 0 Å². The number of ether oxygens (including phenoxy) is 2. The summed E-state index contributed by atoms with van der Waals surface area (Å²) in [6.45, 7) is 5.60. The van der Waals surface area contributed by atoms with Gasteiger partial charge in [0.15, 0.2) is 0 Å². The number of carboxylic acid groups (broad SMARTS) is 1. The summed E-state index contributed by atoms with van der Waals surface area (Å²) in [5, 5.41) is 8.99. The van der Waals surface area contributed by atoms with Gasteiger partial charge in [-0.3, -0.25) is 4.90 Å². The molecule has 0 aromatic rings. The molecule has 3 aliphatic heterocycles. The van der Waals surface area contributed by atoms with E-state index in [4.69, 9.17) is 14.6 Å². The van der Waals surface area contributed by atoms with Crippen LogP contribution in [0.4, 0.5) is 4.79 Å². The molecule has 3 fully saturated rings. The van der Waals surface area contributed by atoms with Crippen LogP contribution in [0.3, 0.4) is 0 Å². The predicted octanol–water partition coefficient (Wildman–Crippen LogP) is 0.620. The molecule has 3 rings (SSSR count). The number of morpholine rings is 1. The van der Waals surface area contributed by atoms with Crippen LogP contribution >= 0.6 is 0 Å². The van der Waals surface area contributed by atoms with Crippen molar-refractivity contribution in [3.05, 3.63) is 0 Å². The lowest BCUT2D eigenvalue weighted by molar-refractivity contribution is -0.0406. The van der Waals surface area contributed by atoms with Crippen molar-refractivity contribution in [3.8, 4) is 0 Å². The highest BCUT2D eigenvalue weighted by atomic mass is 16.5. The first-order valence-corrected chi connectivity index (χ1v) is 7.12. The Kier molecular flexibility index (Phi) is 3.64. The minimum Gasteiger partial charge on any atom is -0.465 e. The molecule has 0 aromatic heterocycles. The quantitative estimate of drug-likeness (QED) is 0.757. The minimum absolute atomic E-state index is 0.0745. The smallest absolute Gasteiger partial charge is 0.407 e. The third-order valence-electron chi connectivity index (χ3n) is 4.70. The number of nitrogens with zero attached hydrogens (tertiary/aromatic N) is 2. The van der Waals surface area contributed by atoms with Crippen molar-refractivity contribution < 1.29 is 19.4 Å². The number of amides is 1. The Bertz CT molecular complexity index is 336. The van der Waals surface area contributed by atoms with Crippen molar-refractivity contribution in [1.82, 2.24) is 9.80 Å². The third-order valence-corrected chi connectivity index (χ3v) is 4.70. The van der Waals surface area contributed by atoms with Gasteiger partial charge < -0.3 is 19.5 Å². The van der Waals surface area contributed by atoms with Crippen molar-refractivity contribution in [3.63, 3.8) is 0 Å². The van der Waals surface area contributed by atoms with E-state index in [1.54, 1.807) is 0 Å². The van der Waals surface area contributed by atoms with E-state index in [9.17, 15) is 4.79 Å². The van der Waals surface area contributed by atoms with Crippen molar-refractivity contribution in [1.29, 1.82) is 0 Å². The molecule has 0 aromatic carbocycles. The van der Waals surface area contributed by atoms with Crippen LogP contribution in [0.5, 0.6) is 0 Å². The van der Waals surface area contributed by atoms with E-state index in [0.29, 0.717) is 19.1 Å². The first-order valence-electron chi connectivity index (χ1n) is 7.12. The number of likely N-dealkylation sites (tertiary alicyclic amines) is 1. The van der Waals surface area contributed by atoms with Gasteiger partial charge in [0, 0.05) is 32.2 Å². The second kappa shape index (κ2) is 5.26. The fraction of sp³-hybridized carbons (Fsp3) is 0.923. The summed E-state index contributed by atoms with van der Waals surface area (Å²) in [5.41, 5.74) is -0.0745. The number of piperidine rings is 1. The number of hydrogen-bond donors (Lipinski definition) is 1. The molecule has 19 heavy (non-hydrogen) atoms. The molecule has 3 saturated heterocycles. The van der Waals surface area contributed by atoms with E-state index in [1.165, 1.54) is 4.90 Å². The molecule has 0 saturated carbocycles. The Hall–Kier alpha value is -0.850. The molecule has 0 unspecified atom stereocenters. The van der Waals surface area contributed by atoms with Crippen LogP contribution in [0.2, 0.25) is 0 Å². The maximum absolute atomic E-state index is 10.9. The predicted molar refractivity (Wildman–Crippen MR) is 68.3 cm³/mol. The van der Waals surface area contributed by atoms with Crippen LogP contribution in [-0.2, 0) is 9.47 Å². The Morgan fingerprint density at radius 2 is 1.84 bits per heavy atom. The Morgan fingerprint density at radius 1 is 1.16 bits per heavy atom. The van der Waals surface area contributed by atoms with Crippen LogP contribution in [0.1, 0.15) is 19.3 Å². The third kappa shape index (κ3) is 2.70. The molecule has 6 heteroatoms. The summed E-state index contributed by atoms with van der Waals surface area (Å²) >= 11 is 0. The van der Waals surface area contributed by atoms with Crippen LogP contribution in [0.25, 0.3) is 0 Å². The lowest BCUT2D eigenvalue weighted by Crippen LogP contribution is -2.47. The molecule has 1 amide bonds. The van der Waals surface area contributed by atoms with Crippen LogP contribution in [0, 0.1) is 0 Å². The fourth-order valence-electron chi connectivity index (χ4n) is 3.45. The van der Waals surface area contributed by atoms with Gasteiger partial charge in [-0.05, 0) is 19.3 Å². The first kappa shape index (κ1) is 13.1. The normalized spacial score (nSPS) is 31.8. The second-order valence-electron chi connectivity index (χ2n) is 5.77. The van der Waals surface area contributed by atoms with Gasteiger partial charge in [0.05, 0.1) is 25.4 Å². The van der Waals surface area contributed by atoms with Crippen LogP contribution in [-0.4, -0.2) is 78.6 Å². The van der Waals surface area contributed by atoms with Crippen molar-refractivity contribution in [2.75, 3.05) is 46.0 Å². The number of rotatable bonds is 1. The molecule has 6 nitrogen and oxygen atoms in total. The van der Waals surface area contributed by atoms with Crippen LogP contribution < -0.4 is 0 Å². The van der Waals surface area contributed by atoms with Gasteiger partial charge >= 0.3 is 6.09 Å². The SMILES string of the molecule is O=C(O)N1CCC2(CC1)C[C@@H](N1CCOCC1)CO2. The summed E-state index contributed by atoms with van der Waals surface area (Å²) in [4.78, 5) is 14.9. The lowest BCUT2D eigenvalue weighted by atomic mass is 9.87. The summed E-state index contributed by atoms with van der Waals surface area (Å²) < 4.78 is 11.5. The highest BCUT2D eigenvalue weighted by molar-refractivity contribution is 5.65. The van der Waals surface area contributed by atoms with E-state index in [1.807, 2.05) is 0 Å². The highest BCUT2D eigenvalue weighted by Crippen LogP contribution is 2.37. The van der Waals surface area contributed by atoms with Gasteiger partial charge in [0.25, 0.3) is 0 Å². The molecule has 0 radical (unpaired) electrons. The molecule has 108 valence electrons. The minimum atomic E-state index is -0.808. The zero-order valence-corrected chi connectivity index (χ0v) is 11.2. The van der Waals surface area contributed by atoms with Gasteiger partial charge in [-0.15, -0.1) is 0 Å². The maximum atomic E-state index is 10.9. The standard InChI is InChI=1S/C13H22N2O4/c16-12(17)15-3-1-13(2-4-15)9-11(10-19-13)14-5-7-18-8-6-14/h11H,1-10H2,(H,16,17)/t11-/m1/s1. The molecule has 0 aliphatic carbocycles. The first-order chi connectivity index (χ1) is 9.19. The van der Waals surface area contributed by atoms with Crippen molar-refractivity contribution in [2.45, 2.75) is 30.9 Å². The zero-order valence-electron chi connectivity index (χ0n) is 11.2. The topological polar surface area (TPSA) is 62.2 Å². The van der Waals surface area contributed by atoms with Gasteiger partial charge in [0.2, 0.25) is 0 Å². The average molecular weight is 270 g/mol. The van der Waals surface area contributed by atoms with Crippen LogP contribution in [0.15, 0.2) is 0 Å². The summed E-state index contributed by atoms with van der Waals surface area (Å²) in [7, 11) is 0. The Balaban J connectivity index is 1.55. The number of carbonyl (C=O) groups is 1. The van der Waals surface area contributed by atoms with Gasteiger partial charge in [-0.25, -0.2) is 4.79 Å². The molecule has 1 atom stereocenters. The Labute approximate surface area is 113 Å². The number of hydrogen-bond acceptors (Lipinski definition) is 4. The molecule has 0 bridgehead atoms. The van der Waals surface area contributed by atoms with E-state index in [2.05, 4.69) is 4.90 Å². The summed E-state index contributed by atoms with van der Waals surface area (Å²) in [6, 6.07) is 0.486. The molecule has 1 spiro atoms. The molecule has 3 aliphatic rings. The molecular formula is C13H22N2O4. The zero-order chi connectivity index (χ0) is 13.3. The van der Waals surface area contributed by atoms with Crippen molar-refractivity contribution in [2.24, 2.45) is 0 Å². The largest absolute Gasteiger partial charge is 0.465 e. The van der Waals surface area contributed by atoms with Gasteiger partial charge in [-0.2, -0.15) is 0 Å². The van der Waals surface area contributed by atoms with E-state index in [-0.39, 0.29) is 5.60 Å². The highest BCUT2D eigenvalue weighted by Gasteiger charge is 2.45.